The maximum atomic E-state index is 12.7. The van der Waals surface area contributed by atoms with Crippen molar-refractivity contribution in [2.75, 3.05) is 0 Å². The minimum Gasteiger partial charge on any atom is -0.298 e. The summed E-state index contributed by atoms with van der Waals surface area (Å²) in [6.45, 7) is 1.75. The van der Waals surface area contributed by atoms with E-state index in [0.717, 1.165) is 25.0 Å². The van der Waals surface area contributed by atoms with E-state index in [1.165, 1.54) is 12.1 Å². The summed E-state index contributed by atoms with van der Waals surface area (Å²) in [6, 6.07) is 6.31. The van der Waals surface area contributed by atoms with Crippen LogP contribution in [0.1, 0.15) is 36.8 Å². The van der Waals surface area contributed by atoms with Gasteiger partial charge in [0.1, 0.15) is 5.92 Å². The number of alkyl halides is 3. The minimum atomic E-state index is -4.47. The molecule has 5 heteroatoms. The smallest absolute Gasteiger partial charge is 0.298 e. The lowest BCUT2D eigenvalue weighted by Crippen LogP contribution is -2.21. The molecule has 2 nitrogen and oxygen atoms in total. The van der Waals surface area contributed by atoms with Gasteiger partial charge < -0.3 is 0 Å². The van der Waals surface area contributed by atoms with Gasteiger partial charge in [0.05, 0.1) is 11.6 Å². The number of Topliss-reactive ketones (excluding diaryl/α,β-unsaturated/α-hetero) is 1. The van der Waals surface area contributed by atoms with Crippen LogP contribution in [0.3, 0.4) is 0 Å². The predicted molar refractivity (Wildman–Crippen MR) is 66.7 cm³/mol. The van der Waals surface area contributed by atoms with E-state index in [1.807, 2.05) is 6.07 Å². The van der Waals surface area contributed by atoms with Gasteiger partial charge in [-0.15, -0.1) is 0 Å². The lowest BCUT2D eigenvalue weighted by molar-refractivity contribution is -0.137. The van der Waals surface area contributed by atoms with E-state index >= 15 is 0 Å². The maximum Gasteiger partial charge on any atom is 0.416 e. The van der Waals surface area contributed by atoms with Gasteiger partial charge in [0.25, 0.3) is 0 Å². The van der Waals surface area contributed by atoms with Crippen molar-refractivity contribution >= 4 is 5.78 Å². The van der Waals surface area contributed by atoms with Gasteiger partial charge in [-0.2, -0.15) is 18.4 Å². The van der Waals surface area contributed by atoms with E-state index in [9.17, 15) is 18.0 Å². The molecule has 1 aromatic rings. The molecule has 0 aliphatic heterocycles. The fourth-order valence-corrected chi connectivity index (χ4v) is 2.29. The number of ketones is 1. The van der Waals surface area contributed by atoms with Crippen molar-refractivity contribution in [2.24, 2.45) is 11.8 Å². The summed E-state index contributed by atoms with van der Waals surface area (Å²) < 4.78 is 38.0. The van der Waals surface area contributed by atoms with Gasteiger partial charge >= 0.3 is 6.18 Å². The first-order valence-corrected chi connectivity index (χ1v) is 6.45. The Labute approximate surface area is 115 Å². The third-order valence-corrected chi connectivity index (χ3v) is 3.74. The zero-order chi connectivity index (χ0) is 14.9. The molecule has 1 fully saturated rings. The second-order valence-corrected chi connectivity index (χ2v) is 5.21. The fourth-order valence-electron chi connectivity index (χ4n) is 2.29. The molecule has 2 atom stereocenters. The largest absolute Gasteiger partial charge is 0.416 e. The number of carbonyl (C=O) groups is 1. The average molecular weight is 281 g/mol. The summed E-state index contributed by atoms with van der Waals surface area (Å²) >= 11 is 0. The molecular weight excluding hydrogens is 267 g/mol. The van der Waals surface area contributed by atoms with E-state index in [4.69, 9.17) is 5.26 Å². The number of carbonyl (C=O) groups excluding carboxylic acids is 1. The van der Waals surface area contributed by atoms with E-state index in [1.54, 1.807) is 6.92 Å². The first kappa shape index (κ1) is 14.6. The van der Waals surface area contributed by atoms with Crippen LogP contribution < -0.4 is 0 Å². The van der Waals surface area contributed by atoms with Crippen molar-refractivity contribution in [1.82, 2.24) is 0 Å². The summed E-state index contributed by atoms with van der Waals surface area (Å²) in [5.74, 6) is -1.39. The Morgan fingerprint density at radius 2 is 2.05 bits per heavy atom. The van der Waals surface area contributed by atoms with Crippen LogP contribution >= 0.6 is 0 Å². The lowest BCUT2D eigenvalue weighted by Gasteiger charge is -2.15. The van der Waals surface area contributed by atoms with Crippen LogP contribution in [0.2, 0.25) is 0 Å². The van der Waals surface area contributed by atoms with Gasteiger partial charge in [-0.1, -0.05) is 25.1 Å². The van der Waals surface area contributed by atoms with E-state index in [0.29, 0.717) is 0 Å². The van der Waals surface area contributed by atoms with Crippen molar-refractivity contribution in [3.05, 3.63) is 35.4 Å². The molecule has 20 heavy (non-hydrogen) atoms. The van der Waals surface area contributed by atoms with Crippen LogP contribution in [0.25, 0.3) is 0 Å². The number of benzene rings is 1. The Kier molecular flexibility index (Phi) is 3.85. The summed E-state index contributed by atoms with van der Waals surface area (Å²) in [5, 5.41) is 9.14. The standard InChI is InChI=1S/C15H14F3NO/c1-9(10-5-6-10)14(20)13(8-19)11-3-2-4-12(7-11)15(16,17)18/h2-4,7,9-10,13H,5-6H2,1H3. The quantitative estimate of drug-likeness (QED) is 0.839. The van der Waals surface area contributed by atoms with Crippen LogP contribution in [-0.4, -0.2) is 5.78 Å². The molecule has 2 unspecified atom stereocenters. The van der Waals surface area contributed by atoms with Crippen molar-refractivity contribution in [1.29, 1.82) is 5.26 Å². The third-order valence-electron chi connectivity index (χ3n) is 3.74. The van der Waals surface area contributed by atoms with E-state index in [2.05, 4.69) is 0 Å². The first-order valence-electron chi connectivity index (χ1n) is 6.45. The fraction of sp³-hybridized carbons (Fsp3) is 0.467. The molecule has 106 valence electrons. The highest BCUT2D eigenvalue weighted by molar-refractivity contribution is 5.90. The summed E-state index contributed by atoms with van der Waals surface area (Å²) in [6.07, 6.45) is -2.57. The topological polar surface area (TPSA) is 40.9 Å². The van der Waals surface area contributed by atoms with Gasteiger partial charge in [-0.3, -0.25) is 4.79 Å². The van der Waals surface area contributed by atoms with Crippen molar-refractivity contribution in [3.63, 3.8) is 0 Å². The van der Waals surface area contributed by atoms with Gasteiger partial charge in [-0.05, 0) is 30.4 Å². The highest BCUT2D eigenvalue weighted by Crippen LogP contribution is 2.39. The second-order valence-electron chi connectivity index (χ2n) is 5.21. The van der Waals surface area contributed by atoms with Crippen LogP contribution in [0.15, 0.2) is 24.3 Å². The number of nitrogens with zero attached hydrogens (tertiary/aromatic N) is 1. The highest BCUT2D eigenvalue weighted by Gasteiger charge is 2.37. The molecular formula is C15H14F3NO. The number of hydrogen-bond donors (Lipinski definition) is 0. The zero-order valence-corrected chi connectivity index (χ0v) is 10.9. The Balaban J connectivity index is 2.28. The summed E-state index contributed by atoms with van der Waals surface area (Å²) in [7, 11) is 0. The summed E-state index contributed by atoms with van der Waals surface area (Å²) in [4.78, 5) is 12.2. The minimum absolute atomic E-state index is 0.125. The Hall–Kier alpha value is -1.83. The SMILES string of the molecule is CC(C(=O)C(C#N)c1cccc(C(F)(F)F)c1)C1CC1. The van der Waals surface area contributed by atoms with Crippen molar-refractivity contribution < 1.29 is 18.0 Å². The number of nitriles is 1. The van der Waals surface area contributed by atoms with Crippen LogP contribution in [0.4, 0.5) is 13.2 Å². The maximum absolute atomic E-state index is 12.7. The molecule has 1 aliphatic carbocycles. The second kappa shape index (κ2) is 5.28. The number of rotatable bonds is 4. The molecule has 0 aromatic heterocycles. The lowest BCUT2D eigenvalue weighted by atomic mass is 9.86. The van der Waals surface area contributed by atoms with E-state index < -0.39 is 17.7 Å². The van der Waals surface area contributed by atoms with Crippen molar-refractivity contribution in [2.45, 2.75) is 31.9 Å². The summed E-state index contributed by atoms with van der Waals surface area (Å²) in [5.41, 5.74) is -0.707. The van der Waals surface area contributed by atoms with Gasteiger partial charge in [0, 0.05) is 5.92 Å². The third kappa shape index (κ3) is 3.01. The predicted octanol–water partition coefficient (Wildman–Crippen LogP) is 3.93. The zero-order valence-electron chi connectivity index (χ0n) is 10.9. The molecule has 0 bridgehead atoms. The molecule has 1 aromatic carbocycles. The van der Waals surface area contributed by atoms with Crippen LogP contribution in [0.5, 0.6) is 0 Å². The molecule has 2 rings (SSSR count). The van der Waals surface area contributed by atoms with Gasteiger partial charge in [0.2, 0.25) is 0 Å². The Morgan fingerprint density at radius 1 is 1.40 bits per heavy atom. The van der Waals surface area contributed by atoms with Crippen LogP contribution in [0, 0.1) is 23.2 Å². The van der Waals surface area contributed by atoms with E-state index in [-0.39, 0.29) is 23.2 Å². The number of halogens is 3. The molecule has 0 spiro atoms. The normalized spacial score (nSPS) is 18.1. The molecule has 0 N–H and O–H groups in total. The molecule has 0 amide bonds. The molecule has 0 radical (unpaired) electrons. The van der Waals surface area contributed by atoms with Crippen LogP contribution in [-0.2, 0) is 11.0 Å². The number of hydrogen-bond acceptors (Lipinski definition) is 2. The Bertz CT molecular complexity index is 555. The monoisotopic (exact) mass is 281 g/mol. The first-order chi connectivity index (χ1) is 9.34. The molecule has 1 saturated carbocycles. The van der Waals surface area contributed by atoms with Gasteiger partial charge in [0.15, 0.2) is 5.78 Å². The molecule has 1 aliphatic rings. The highest BCUT2D eigenvalue weighted by atomic mass is 19.4. The molecule has 0 heterocycles. The van der Waals surface area contributed by atoms with Gasteiger partial charge in [-0.25, -0.2) is 0 Å². The molecule has 0 saturated heterocycles. The average Bonchev–Trinajstić information content (AvgIpc) is 3.22. The van der Waals surface area contributed by atoms with Crippen molar-refractivity contribution in [3.8, 4) is 6.07 Å². The Morgan fingerprint density at radius 3 is 2.55 bits per heavy atom.